The number of likely N-dealkylation sites (tertiary alicyclic amines) is 1. The molecule has 0 spiro atoms. The molecule has 0 aliphatic carbocycles. The highest BCUT2D eigenvalue weighted by atomic mass is 16.3. The monoisotopic (exact) mass is 221 g/mol. The van der Waals surface area contributed by atoms with E-state index in [0.29, 0.717) is 11.7 Å². The van der Waals surface area contributed by atoms with Crippen molar-refractivity contribution >= 4 is 0 Å². The van der Waals surface area contributed by atoms with Crippen LogP contribution in [0.4, 0.5) is 0 Å². The number of rotatable bonds is 2. The molecule has 1 heterocycles. The normalized spacial score (nSPS) is 26.9. The first-order valence-corrected chi connectivity index (χ1v) is 5.83. The zero-order valence-corrected chi connectivity index (χ0v) is 9.63. The van der Waals surface area contributed by atoms with Crippen molar-refractivity contribution in [3.8, 4) is 5.75 Å². The van der Waals surface area contributed by atoms with E-state index < -0.39 is 0 Å². The van der Waals surface area contributed by atoms with Crippen molar-refractivity contribution < 1.29 is 10.2 Å². The summed E-state index contributed by atoms with van der Waals surface area (Å²) in [7, 11) is 0. The SMILES string of the molecule is CC1CN(Cc2cccc(O)c2)CCC1O. The first-order chi connectivity index (χ1) is 7.65. The Morgan fingerprint density at radius 2 is 2.25 bits per heavy atom. The van der Waals surface area contributed by atoms with Gasteiger partial charge in [-0.1, -0.05) is 19.1 Å². The van der Waals surface area contributed by atoms with Crippen molar-refractivity contribution in [2.75, 3.05) is 13.1 Å². The fourth-order valence-corrected chi connectivity index (χ4v) is 2.28. The van der Waals surface area contributed by atoms with E-state index in [9.17, 15) is 10.2 Å². The first kappa shape index (κ1) is 11.4. The van der Waals surface area contributed by atoms with E-state index in [-0.39, 0.29) is 6.10 Å². The third-order valence-corrected chi connectivity index (χ3v) is 3.26. The number of nitrogens with zero attached hydrogens (tertiary/aromatic N) is 1. The van der Waals surface area contributed by atoms with Gasteiger partial charge in [-0.15, -0.1) is 0 Å². The average molecular weight is 221 g/mol. The second-order valence-electron chi connectivity index (χ2n) is 4.74. The molecule has 1 saturated heterocycles. The Morgan fingerprint density at radius 3 is 2.94 bits per heavy atom. The van der Waals surface area contributed by atoms with Gasteiger partial charge in [0.2, 0.25) is 0 Å². The molecule has 16 heavy (non-hydrogen) atoms. The van der Waals surface area contributed by atoms with E-state index >= 15 is 0 Å². The van der Waals surface area contributed by atoms with Crippen molar-refractivity contribution in [1.82, 2.24) is 4.90 Å². The van der Waals surface area contributed by atoms with Gasteiger partial charge < -0.3 is 10.2 Å². The van der Waals surface area contributed by atoms with E-state index in [1.54, 1.807) is 12.1 Å². The number of hydrogen-bond donors (Lipinski definition) is 2. The summed E-state index contributed by atoms with van der Waals surface area (Å²) in [5.41, 5.74) is 1.13. The van der Waals surface area contributed by atoms with Crippen LogP contribution in [0.15, 0.2) is 24.3 Å². The van der Waals surface area contributed by atoms with Crippen molar-refractivity contribution in [2.24, 2.45) is 5.92 Å². The number of benzene rings is 1. The second kappa shape index (κ2) is 4.85. The Kier molecular flexibility index (Phi) is 3.46. The second-order valence-corrected chi connectivity index (χ2v) is 4.74. The molecule has 1 aromatic carbocycles. The van der Waals surface area contributed by atoms with Crippen LogP contribution >= 0.6 is 0 Å². The molecule has 2 rings (SSSR count). The number of hydrogen-bond acceptors (Lipinski definition) is 3. The molecule has 3 heteroatoms. The van der Waals surface area contributed by atoms with Crippen LogP contribution in [0.5, 0.6) is 5.75 Å². The van der Waals surface area contributed by atoms with Crippen LogP contribution in [0.2, 0.25) is 0 Å². The third kappa shape index (κ3) is 2.74. The summed E-state index contributed by atoms with van der Waals surface area (Å²) in [5, 5.41) is 19.0. The maximum Gasteiger partial charge on any atom is 0.115 e. The largest absolute Gasteiger partial charge is 0.508 e. The van der Waals surface area contributed by atoms with Gasteiger partial charge in [0.05, 0.1) is 6.10 Å². The number of aliphatic hydroxyl groups is 1. The lowest BCUT2D eigenvalue weighted by Gasteiger charge is -2.34. The maximum atomic E-state index is 9.64. The summed E-state index contributed by atoms with van der Waals surface area (Å²) < 4.78 is 0. The lowest BCUT2D eigenvalue weighted by Crippen LogP contribution is -2.41. The molecule has 0 radical (unpaired) electrons. The minimum absolute atomic E-state index is 0.152. The van der Waals surface area contributed by atoms with Crippen LogP contribution in [0.25, 0.3) is 0 Å². The van der Waals surface area contributed by atoms with E-state index in [0.717, 1.165) is 31.6 Å². The molecule has 2 atom stereocenters. The van der Waals surface area contributed by atoms with Gasteiger partial charge in [0, 0.05) is 19.6 Å². The lowest BCUT2D eigenvalue weighted by molar-refractivity contribution is 0.0320. The Hall–Kier alpha value is -1.06. The Labute approximate surface area is 96.3 Å². The van der Waals surface area contributed by atoms with Crippen molar-refractivity contribution in [3.63, 3.8) is 0 Å². The molecule has 1 fully saturated rings. The van der Waals surface area contributed by atoms with Crippen molar-refractivity contribution in [3.05, 3.63) is 29.8 Å². The summed E-state index contributed by atoms with van der Waals surface area (Å²) in [5.74, 6) is 0.661. The number of phenols is 1. The molecular weight excluding hydrogens is 202 g/mol. The summed E-state index contributed by atoms with van der Waals surface area (Å²) >= 11 is 0. The number of aliphatic hydroxyl groups excluding tert-OH is 1. The smallest absolute Gasteiger partial charge is 0.115 e. The highest BCUT2D eigenvalue weighted by Crippen LogP contribution is 2.19. The molecule has 0 amide bonds. The average Bonchev–Trinajstić information content (AvgIpc) is 2.24. The predicted molar refractivity (Wildman–Crippen MR) is 63.2 cm³/mol. The Morgan fingerprint density at radius 1 is 1.44 bits per heavy atom. The van der Waals surface area contributed by atoms with Gasteiger partial charge in [0.25, 0.3) is 0 Å². The van der Waals surface area contributed by atoms with Crippen LogP contribution in [0.3, 0.4) is 0 Å². The molecule has 0 bridgehead atoms. The lowest BCUT2D eigenvalue weighted by atomic mass is 9.96. The van der Waals surface area contributed by atoms with Gasteiger partial charge >= 0.3 is 0 Å². The first-order valence-electron chi connectivity index (χ1n) is 5.83. The standard InChI is InChI=1S/C13H19NO2/c1-10-8-14(6-5-13(10)16)9-11-3-2-4-12(15)7-11/h2-4,7,10,13,15-16H,5-6,8-9H2,1H3. The van der Waals surface area contributed by atoms with Gasteiger partial charge in [-0.3, -0.25) is 4.90 Å². The molecule has 1 aliphatic heterocycles. The van der Waals surface area contributed by atoms with Crippen LogP contribution in [-0.4, -0.2) is 34.3 Å². The van der Waals surface area contributed by atoms with Crippen molar-refractivity contribution in [2.45, 2.75) is 26.0 Å². The zero-order valence-electron chi connectivity index (χ0n) is 9.63. The molecule has 1 aliphatic rings. The topological polar surface area (TPSA) is 43.7 Å². The van der Waals surface area contributed by atoms with Crippen LogP contribution < -0.4 is 0 Å². The summed E-state index contributed by atoms with van der Waals surface area (Å²) in [6.07, 6.45) is 0.695. The highest BCUT2D eigenvalue weighted by molar-refractivity contribution is 5.27. The van der Waals surface area contributed by atoms with Gasteiger partial charge in [0.1, 0.15) is 5.75 Å². The fourth-order valence-electron chi connectivity index (χ4n) is 2.28. The van der Waals surface area contributed by atoms with Gasteiger partial charge in [-0.25, -0.2) is 0 Å². The van der Waals surface area contributed by atoms with E-state index in [1.165, 1.54) is 0 Å². The van der Waals surface area contributed by atoms with Gasteiger partial charge in [-0.2, -0.15) is 0 Å². The Balaban J connectivity index is 1.95. The summed E-state index contributed by atoms with van der Waals surface area (Å²) in [6, 6.07) is 7.38. The molecule has 2 unspecified atom stereocenters. The van der Waals surface area contributed by atoms with Crippen LogP contribution in [-0.2, 0) is 6.54 Å². The minimum Gasteiger partial charge on any atom is -0.508 e. The summed E-state index contributed by atoms with van der Waals surface area (Å²) in [4.78, 5) is 2.33. The fraction of sp³-hybridized carbons (Fsp3) is 0.538. The van der Waals surface area contributed by atoms with Gasteiger partial charge in [0.15, 0.2) is 0 Å². The minimum atomic E-state index is -0.152. The van der Waals surface area contributed by atoms with E-state index in [4.69, 9.17) is 0 Å². The summed E-state index contributed by atoms with van der Waals surface area (Å²) in [6.45, 7) is 4.79. The van der Waals surface area contributed by atoms with Crippen LogP contribution in [0.1, 0.15) is 18.9 Å². The van der Waals surface area contributed by atoms with E-state index in [2.05, 4.69) is 11.8 Å². The van der Waals surface area contributed by atoms with Crippen LogP contribution in [0, 0.1) is 5.92 Å². The molecule has 88 valence electrons. The zero-order chi connectivity index (χ0) is 11.5. The quantitative estimate of drug-likeness (QED) is 0.797. The molecular formula is C13H19NO2. The van der Waals surface area contributed by atoms with E-state index in [1.807, 2.05) is 12.1 Å². The van der Waals surface area contributed by atoms with Crippen molar-refractivity contribution in [1.29, 1.82) is 0 Å². The maximum absolute atomic E-state index is 9.64. The molecule has 3 nitrogen and oxygen atoms in total. The molecule has 1 aromatic rings. The molecule has 0 saturated carbocycles. The van der Waals surface area contributed by atoms with Gasteiger partial charge in [-0.05, 0) is 30.0 Å². The molecule has 0 aromatic heterocycles. The number of piperidine rings is 1. The number of phenolic OH excluding ortho intramolecular Hbond substituents is 1. The third-order valence-electron chi connectivity index (χ3n) is 3.26. The molecule has 2 N–H and O–H groups in total. The number of aromatic hydroxyl groups is 1. The Bertz CT molecular complexity index is 354. The highest BCUT2D eigenvalue weighted by Gasteiger charge is 2.23. The predicted octanol–water partition coefficient (Wildman–Crippen LogP) is 1.59.